The van der Waals surface area contributed by atoms with Gasteiger partial charge < -0.3 is 19.7 Å². The number of ether oxygens (including phenoxy) is 2. The van der Waals surface area contributed by atoms with E-state index in [2.05, 4.69) is 5.32 Å². The van der Waals surface area contributed by atoms with Gasteiger partial charge in [-0.25, -0.2) is 0 Å². The second-order valence-corrected chi connectivity index (χ2v) is 6.66. The average molecular weight is 401 g/mol. The predicted molar refractivity (Wildman–Crippen MR) is 110 cm³/mol. The summed E-state index contributed by atoms with van der Waals surface area (Å²) in [5.74, 6) is 0.786. The van der Waals surface area contributed by atoms with E-state index in [9.17, 15) is 9.59 Å². The van der Waals surface area contributed by atoms with Crippen molar-refractivity contribution in [1.29, 1.82) is 0 Å². The number of hydrogen-bond acceptors (Lipinski definition) is 4. The summed E-state index contributed by atoms with van der Waals surface area (Å²) < 4.78 is 10.4. The zero-order valence-corrected chi connectivity index (χ0v) is 16.5. The van der Waals surface area contributed by atoms with Gasteiger partial charge in [0.1, 0.15) is 0 Å². The molecule has 28 heavy (non-hydrogen) atoms. The highest BCUT2D eigenvalue weighted by Crippen LogP contribution is 2.36. The Morgan fingerprint density at radius 2 is 1.93 bits per heavy atom. The van der Waals surface area contributed by atoms with E-state index >= 15 is 0 Å². The first-order valence-corrected chi connectivity index (χ1v) is 9.20. The third-order valence-electron chi connectivity index (χ3n) is 4.40. The molecule has 2 aromatic carbocycles. The van der Waals surface area contributed by atoms with Gasteiger partial charge in [0.25, 0.3) is 0 Å². The first-order valence-electron chi connectivity index (χ1n) is 8.83. The van der Waals surface area contributed by atoms with Crippen molar-refractivity contribution in [1.82, 2.24) is 0 Å². The lowest BCUT2D eigenvalue weighted by molar-refractivity contribution is -0.117. The Morgan fingerprint density at radius 1 is 1.18 bits per heavy atom. The number of nitrogens with one attached hydrogen (secondary N) is 1. The summed E-state index contributed by atoms with van der Waals surface area (Å²) in [6.07, 6.45) is 4.52. The molecule has 1 heterocycles. The van der Waals surface area contributed by atoms with Crippen LogP contribution in [0.3, 0.4) is 0 Å². The van der Waals surface area contributed by atoms with Gasteiger partial charge in [0, 0.05) is 30.4 Å². The lowest BCUT2D eigenvalue weighted by Gasteiger charge is -2.15. The third-order valence-corrected chi connectivity index (χ3v) is 4.68. The van der Waals surface area contributed by atoms with Gasteiger partial charge in [0.15, 0.2) is 11.5 Å². The number of carbonyl (C=O) groups is 2. The molecule has 0 bridgehead atoms. The van der Waals surface area contributed by atoms with Crippen molar-refractivity contribution in [3.63, 3.8) is 0 Å². The predicted octanol–water partition coefficient (Wildman–Crippen LogP) is 4.14. The molecule has 7 heteroatoms. The van der Waals surface area contributed by atoms with Crippen molar-refractivity contribution in [3.05, 3.63) is 53.1 Å². The van der Waals surface area contributed by atoms with Gasteiger partial charge in [-0.3, -0.25) is 9.59 Å². The number of methoxy groups -OCH3 is 2. The SMILES string of the molecule is COc1cc(/C=C/C(=O)Nc2ccc(N3CCCC3=O)cc2)cc(Cl)c1OC. The van der Waals surface area contributed by atoms with Crippen molar-refractivity contribution in [2.45, 2.75) is 12.8 Å². The van der Waals surface area contributed by atoms with E-state index in [0.29, 0.717) is 34.2 Å². The molecule has 1 fully saturated rings. The Morgan fingerprint density at radius 3 is 2.54 bits per heavy atom. The fraction of sp³-hybridized carbons (Fsp3) is 0.238. The van der Waals surface area contributed by atoms with Crippen LogP contribution in [0, 0.1) is 0 Å². The number of benzene rings is 2. The van der Waals surface area contributed by atoms with Crippen LogP contribution in [0.5, 0.6) is 11.5 Å². The van der Waals surface area contributed by atoms with E-state index in [-0.39, 0.29) is 11.8 Å². The molecular weight excluding hydrogens is 380 g/mol. The van der Waals surface area contributed by atoms with Crippen LogP contribution in [0.1, 0.15) is 18.4 Å². The van der Waals surface area contributed by atoms with Crippen molar-refractivity contribution < 1.29 is 19.1 Å². The van der Waals surface area contributed by atoms with Gasteiger partial charge in [0.2, 0.25) is 11.8 Å². The summed E-state index contributed by atoms with van der Waals surface area (Å²) in [5.41, 5.74) is 2.20. The Kier molecular flexibility index (Phi) is 6.21. The number of amides is 2. The first kappa shape index (κ1) is 19.8. The van der Waals surface area contributed by atoms with Gasteiger partial charge in [-0.2, -0.15) is 0 Å². The van der Waals surface area contributed by atoms with Crippen LogP contribution in [0.2, 0.25) is 5.02 Å². The number of anilines is 2. The van der Waals surface area contributed by atoms with E-state index in [1.807, 2.05) is 12.1 Å². The highest BCUT2D eigenvalue weighted by atomic mass is 35.5. The van der Waals surface area contributed by atoms with E-state index < -0.39 is 0 Å². The summed E-state index contributed by atoms with van der Waals surface area (Å²) in [4.78, 5) is 25.7. The summed E-state index contributed by atoms with van der Waals surface area (Å²) in [6.45, 7) is 0.737. The fourth-order valence-electron chi connectivity index (χ4n) is 3.04. The summed E-state index contributed by atoms with van der Waals surface area (Å²) in [5, 5.41) is 3.19. The zero-order chi connectivity index (χ0) is 20.1. The molecule has 0 aromatic heterocycles. The molecule has 1 aliphatic rings. The molecular formula is C21H21ClN2O4. The molecule has 6 nitrogen and oxygen atoms in total. The minimum Gasteiger partial charge on any atom is -0.493 e. The van der Waals surface area contributed by atoms with E-state index in [1.54, 1.807) is 35.2 Å². The maximum Gasteiger partial charge on any atom is 0.248 e. The van der Waals surface area contributed by atoms with Crippen molar-refractivity contribution >= 4 is 40.9 Å². The summed E-state index contributed by atoms with van der Waals surface area (Å²) in [7, 11) is 3.03. The van der Waals surface area contributed by atoms with E-state index in [1.165, 1.54) is 20.3 Å². The molecule has 0 radical (unpaired) electrons. The summed E-state index contributed by atoms with van der Waals surface area (Å²) in [6, 6.07) is 10.6. The molecule has 0 atom stereocenters. The van der Waals surface area contributed by atoms with Crippen LogP contribution in [0.25, 0.3) is 6.08 Å². The molecule has 2 aromatic rings. The van der Waals surface area contributed by atoms with Crippen LogP contribution in [0.15, 0.2) is 42.5 Å². The van der Waals surface area contributed by atoms with Gasteiger partial charge >= 0.3 is 0 Å². The van der Waals surface area contributed by atoms with Crippen LogP contribution >= 0.6 is 11.6 Å². The number of carbonyl (C=O) groups excluding carboxylic acids is 2. The lowest BCUT2D eigenvalue weighted by Crippen LogP contribution is -2.23. The number of hydrogen-bond donors (Lipinski definition) is 1. The van der Waals surface area contributed by atoms with Crippen molar-refractivity contribution in [2.75, 3.05) is 31.0 Å². The maximum absolute atomic E-state index is 12.2. The average Bonchev–Trinajstić information content (AvgIpc) is 3.12. The smallest absolute Gasteiger partial charge is 0.248 e. The second-order valence-electron chi connectivity index (χ2n) is 6.26. The molecule has 1 aliphatic heterocycles. The largest absolute Gasteiger partial charge is 0.493 e. The first-order chi connectivity index (χ1) is 13.5. The number of rotatable bonds is 6. The topological polar surface area (TPSA) is 67.9 Å². The highest BCUT2D eigenvalue weighted by molar-refractivity contribution is 6.32. The molecule has 0 aliphatic carbocycles. The van der Waals surface area contributed by atoms with Crippen LogP contribution < -0.4 is 19.7 Å². The normalized spacial score (nSPS) is 13.8. The number of nitrogens with zero attached hydrogens (tertiary/aromatic N) is 1. The molecule has 1 N–H and O–H groups in total. The van der Waals surface area contributed by atoms with Crippen LogP contribution in [-0.2, 0) is 9.59 Å². The highest BCUT2D eigenvalue weighted by Gasteiger charge is 2.21. The van der Waals surface area contributed by atoms with Crippen LogP contribution in [-0.4, -0.2) is 32.6 Å². The van der Waals surface area contributed by atoms with E-state index in [0.717, 1.165) is 18.7 Å². The molecule has 2 amide bonds. The molecule has 146 valence electrons. The molecule has 3 rings (SSSR count). The van der Waals surface area contributed by atoms with Gasteiger partial charge in [-0.05, 0) is 54.5 Å². The fourth-order valence-corrected chi connectivity index (χ4v) is 3.33. The summed E-state index contributed by atoms with van der Waals surface area (Å²) >= 11 is 6.17. The standard InChI is InChI=1S/C21H21ClN2O4/c1-27-18-13-14(12-17(22)21(18)28-2)5-10-19(25)23-15-6-8-16(9-7-15)24-11-3-4-20(24)26/h5-10,12-13H,3-4,11H2,1-2H3,(H,23,25)/b10-5+. The van der Waals surface area contributed by atoms with E-state index in [4.69, 9.17) is 21.1 Å². The number of halogens is 1. The lowest BCUT2D eigenvalue weighted by atomic mass is 10.2. The Hall–Kier alpha value is -2.99. The molecule has 0 unspecified atom stereocenters. The Bertz CT molecular complexity index is 909. The molecule has 0 saturated carbocycles. The zero-order valence-electron chi connectivity index (χ0n) is 15.7. The minimum absolute atomic E-state index is 0.133. The minimum atomic E-state index is -0.282. The second kappa shape index (κ2) is 8.80. The van der Waals surface area contributed by atoms with Crippen LogP contribution in [0.4, 0.5) is 11.4 Å². The monoisotopic (exact) mass is 400 g/mol. The van der Waals surface area contributed by atoms with Gasteiger partial charge in [-0.15, -0.1) is 0 Å². The van der Waals surface area contributed by atoms with Gasteiger partial charge in [-0.1, -0.05) is 11.6 Å². The quantitative estimate of drug-likeness (QED) is 0.740. The molecule has 1 saturated heterocycles. The maximum atomic E-state index is 12.2. The Labute approximate surface area is 168 Å². The molecule has 0 spiro atoms. The van der Waals surface area contributed by atoms with Gasteiger partial charge in [0.05, 0.1) is 19.2 Å². The van der Waals surface area contributed by atoms with Crippen molar-refractivity contribution in [3.8, 4) is 11.5 Å². The third kappa shape index (κ3) is 4.46. The Balaban J connectivity index is 1.65. The van der Waals surface area contributed by atoms with Crippen molar-refractivity contribution in [2.24, 2.45) is 0 Å².